The molecule has 0 aliphatic carbocycles. The maximum absolute atomic E-state index is 11.8. The molecule has 2 N–H and O–H groups in total. The standard InChI is InChI=1S/C16H24N2O/c1-13-2-4-14(5-3-13)6-7-16(19)18-12-15-8-10-17-11-9-15/h2-5,15,17H,6-12H2,1H3,(H,18,19). The van der Waals surface area contributed by atoms with Crippen molar-refractivity contribution in [1.29, 1.82) is 0 Å². The molecule has 1 saturated heterocycles. The van der Waals surface area contributed by atoms with Gasteiger partial charge in [0.25, 0.3) is 0 Å². The first-order valence-electron chi connectivity index (χ1n) is 7.27. The van der Waals surface area contributed by atoms with E-state index in [1.165, 1.54) is 24.0 Å². The molecule has 1 aliphatic rings. The van der Waals surface area contributed by atoms with Crippen LogP contribution in [0.4, 0.5) is 0 Å². The highest BCUT2D eigenvalue weighted by Crippen LogP contribution is 2.10. The Morgan fingerprint density at radius 3 is 2.63 bits per heavy atom. The van der Waals surface area contributed by atoms with Crippen molar-refractivity contribution in [1.82, 2.24) is 10.6 Å². The Balaban J connectivity index is 1.65. The molecular weight excluding hydrogens is 236 g/mol. The van der Waals surface area contributed by atoms with Crippen LogP contribution in [0.2, 0.25) is 0 Å². The summed E-state index contributed by atoms with van der Waals surface area (Å²) in [4.78, 5) is 11.8. The fourth-order valence-electron chi connectivity index (χ4n) is 2.45. The van der Waals surface area contributed by atoms with Crippen LogP contribution in [0.25, 0.3) is 0 Å². The lowest BCUT2D eigenvalue weighted by molar-refractivity contribution is -0.121. The third-order valence-corrected chi connectivity index (χ3v) is 3.81. The van der Waals surface area contributed by atoms with E-state index in [2.05, 4.69) is 41.8 Å². The van der Waals surface area contributed by atoms with Gasteiger partial charge < -0.3 is 10.6 Å². The van der Waals surface area contributed by atoms with Crippen LogP contribution >= 0.6 is 0 Å². The van der Waals surface area contributed by atoms with Crippen molar-refractivity contribution < 1.29 is 4.79 Å². The molecule has 0 unspecified atom stereocenters. The number of amides is 1. The van der Waals surface area contributed by atoms with E-state index in [-0.39, 0.29) is 5.91 Å². The number of carbonyl (C=O) groups excluding carboxylic acids is 1. The van der Waals surface area contributed by atoms with Crippen LogP contribution in [0.15, 0.2) is 24.3 Å². The molecule has 0 saturated carbocycles. The predicted molar refractivity (Wildman–Crippen MR) is 78.1 cm³/mol. The highest BCUT2D eigenvalue weighted by Gasteiger charge is 2.13. The lowest BCUT2D eigenvalue weighted by Crippen LogP contribution is -2.36. The van der Waals surface area contributed by atoms with E-state index in [4.69, 9.17) is 0 Å². The zero-order chi connectivity index (χ0) is 13.5. The number of aryl methyl sites for hydroxylation is 2. The molecular formula is C16H24N2O. The van der Waals surface area contributed by atoms with E-state index < -0.39 is 0 Å². The van der Waals surface area contributed by atoms with Crippen molar-refractivity contribution in [3.63, 3.8) is 0 Å². The molecule has 1 aromatic carbocycles. The van der Waals surface area contributed by atoms with E-state index in [1.807, 2.05) is 0 Å². The topological polar surface area (TPSA) is 41.1 Å². The zero-order valence-corrected chi connectivity index (χ0v) is 11.7. The molecule has 2 rings (SSSR count). The van der Waals surface area contributed by atoms with Crippen molar-refractivity contribution in [3.05, 3.63) is 35.4 Å². The van der Waals surface area contributed by atoms with Gasteiger partial charge in [0, 0.05) is 13.0 Å². The van der Waals surface area contributed by atoms with Crippen LogP contribution in [0.5, 0.6) is 0 Å². The third kappa shape index (κ3) is 5.03. The van der Waals surface area contributed by atoms with Gasteiger partial charge in [0.15, 0.2) is 0 Å². The monoisotopic (exact) mass is 260 g/mol. The lowest BCUT2D eigenvalue weighted by Gasteiger charge is -2.22. The molecule has 0 aromatic heterocycles. The summed E-state index contributed by atoms with van der Waals surface area (Å²) < 4.78 is 0. The summed E-state index contributed by atoms with van der Waals surface area (Å²) >= 11 is 0. The molecule has 0 radical (unpaired) electrons. The van der Waals surface area contributed by atoms with Crippen LogP contribution in [-0.4, -0.2) is 25.5 Å². The second-order valence-electron chi connectivity index (χ2n) is 5.48. The first kappa shape index (κ1) is 14.1. The van der Waals surface area contributed by atoms with Crippen LogP contribution in [0.3, 0.4) is 0 Å². The number of carbonyl (C=O) groups is 1. The van der Waals surface area contributed by atoms with Gasteiger partial charge in [-0.25, -0.2) is 0 Å². The summed E-state index contributed by atoms with van der Waals surface area (Å²) in [6.45, 7) is 5.09. The first-order valence-corrected chi connectivity index (χ1v) is 7.27. The molecule has 1 heterocycles. The van der Waals surface area contributed by atoms with Gasteiger partial charge in [-0.05, 0) is 50.8 Å². The van der Waals surface area contributed by atoms with E-state index in [0.717, 1.165) is 26.1 Å². The van der Waals surface area contributed by atoms with Gasteiger partial charge in [-0.1, -0.05) is 29.8 Å². The molecule has 3 nitrogen and oxygen atoms in total. The number of piperidine rings is 1. The van der Waals surface area contributed by atoms with Crippen molar-refractivity contribution in [3.8, 4) is 0 Å². The average Bonchev–Trinajstić information content (AvgIpc) is 2.45. The largest absolute Gasteiger partial charge is 0.356 e. The fourth-order valence-corrected chi connectivity index (χ4v) is 2.45. The Bertz CT molecular complexity index is 394. The number of hydrogen-bond acceptors (Lipinski definition) is 2. The summed E-state index contributed by atoms with van der Waals surface area (Å²) in [7, 11) is 0. The molecule has 19 heavy (non-hydrogen) atoms. The number of hydrogen-bond donors (Lipinski definition) is 2. The molecule has 1 amide bonds. The van der Waals surface area contributed by atoms with Crippen molar-refractivity contribution in [2.75, 3.05) is 19.6 Å². The molecule has 1 aliphatic heterocycles. The van der Waals surface area contributed by atoms with Crippen molar-refractivity contribution in [2.45, 2.75) is 32.6 Å². The van der Waals surface area contributed by atoms with E-state index >= 15 is 0 Å². The molecule has 1 fully saturated rings. The summed E-state index contributed by atoms with van der Waals surface area (Å²) in [5.41, 5.74) is 2.50. The minimum atomic E-state index is 0.180. The summed E-state index contributed by atoms with van der Waals surface area (Å²) in [5.74, 6) is 0.837. The van der Waals surface area contributed by atoms with Gasteiger partial charge in [0.2, 0.25) is 5.91 Å². The van der Waals surface area contributed by atoms with Gasteiger partial charge >= 0.3 is 0 Å². The maximum Gasteiger partial charge on any atom is 0.220 e. The summed E-state index contributed by atoms with van der Waals surface area (Å²) in [6, 6.07) is 8.41. The Labute approximate surface area is 115 Å². The molecule has 3 heteroatoms. The van der Waals surface area contributed by atoms with Crippen LogP contribution in [-0.2, 0) is 11.2 Å². The second kappa shape index (κ2) is 7.29. The molecule has 0 spiro atoms. The highest BCUT2D eigenvalue weighted by atomic mass is 16.1. The molecule has 1 aromatic rings. The molecule has 104 valence electrons. The van der Waals surface area contributed by atoms with Gasteiger partial charge in [-0.2, -0.15) is 0 Å². The quantitative estimate of drug-likeness (QED) is 0.850. The number of benzene rings is 1. The molecule has 0 bridgehead atoms. The van der Waals surface area contributed by atoms with E-state index in [9.17, 15) is 4.79 Å². The van der Waals surface area contributed by atoms with E-state index in [1.54, 1.807) is 0 Å². The SMILES string of the molecule is Cc1ccc(CCC(=O)NCC2CCNCC2)cc1. The normalized spacial score (nSPS) is 16.3. The Morgan fingerprint density at radius 1 is 1.26 bits per heavy atom. The van der Waals surface area contributed by atoms with Gasteiger partial charge in [0.05, 0.1) is 0 Å². The van der Waals surface area contributed by atoms with Crippen molar-refractivity contribution in [2.24, 2.45) is 5.92 Å². The first-order chi connectivity index (χ1) is 9.24. The minimum absolute atomic E-state index is 0.180. The molecule has 0 atom stereocenters. The third-order valence-electron chi connectivity index (χ3n) is 3.81. The Morgan fingerprint density at radius 2 is 1.95 bits per heavy atom. The van der Waals surface area contributed by atoms with Crippen LogP contribution < -0.4 is 10.6 Å². The van der Waals surface area contributed by atoms with Gasteiger partial charge in [-0.15, -0.1) is 0 Å². The Kier molecular flexibility index (Phi) is 5.40. The highest BCUT2D eigenvalue weighted by molar-refractivity contribution is 5.76. The lowest BCUT2D eigenvalue weighted by atomic mass is 9.98. The Hall–Kier alpha value is -1.35. The van der Waals surface area contributed by atoms with Gasteiger partial charge in [-0.3, -0.25) is 4.79 Å². The predicted octanol–water partition coefficient (Wildman–Crippen LogP) is 2.04. The minimum Gasteiger partial charge on any atom is -0.356 e. The van der Waals surface area contributed by atoms with Crippen LogP contribution in [0.1, 0.15) is 30.4 Å². The number of rotatable bonds is 5. The smallest absolute Gasteiger partial charge is 0.220 e. The summed E-state index contributed by atoms with van der Waals surface area (Å²) in [5, 5.41) is 6.41. The van der Waals surface area contributed by atoms with E-state index in [0.29, 0.717) is 12.3 Å². The van der Waals surface area contributed by atoms with Crippen molar-refractivity contribution >= 4 is 5.91 Å². The number of nitrogens with one attached hydrogen (secondary N) is 2. The average molecular weight is 260 g/mol. The summed E-state index contributed by atoms with van der Waals surface area (Å²) in [6.07, 6.45) is 3.78. The van der Waals surface area contributed by atoms with Crippen LogP contribution in [0, 0.1) is 12.8 Å². The fraction of sp³-hybridized carbons (Fsp3) is 0.562. The second-order valence-corrected chi connectivity index (χ2v) is 5.48. The maximum atomic E-state index is 11.8. The van der Waals surface area contributed by atoms with Gasteiger partial charge in [0.1, 0.15) is 0 Å². The zero-order valence-electron chi connectivity index (χ0n) is 11.7.